The van der Waals surface area contributed by atoms with Gasteiger partial charge < -0.3 is 24.7 Å². The highest BCUT2D eigenvalue weighted by atomic mass is 16.4. The Morgan fingerprint density at radius 3 is 2.44 bits per heavy atom. The summed E-state index contributed by atoms with van der Waals surface area (Å²) < 4.78 is 7.98. The standard InChI is InChI=1S/C32H32N4O5/c37-28(38)16-11-21-9-13-23(14-10-21)33-31(40)32(17-5-18-32)35-30(39)22-12-15-26-25(20-22)34-29(27-8-4-19-41-27)36(26)24-6-2-1-3-7-24/h4,8-16,19-20,24H,1-3,5-7,17-18H2,(H,33,40)(H,35,39)(H,37,38)/b16-11+. The molecule has 0 radical (unpaired) electrons. The number of furan rings is 1. The van der Waals surface area contributed by atoms with Crippen molar-refractivity contribution < 1.29 is 23.9 Å². The van der Waals surface area contributed by atoms with Crippen molar-refractivity contribution in [2.75, 3.05) is 5.32 Å². The average Bonchev–Trinajstić information content (AvgIpc) is 3.62. The number of nitrogens with one attached hydrogen (secondary N) is 2. The third kappa shape index (κ3) is 5.39. The van der Waals surface area contributed by atoms with Crippen LogP contribution in [0.1, 0.15) is 73.3 Å². The average molecular weight is 553 g/mol. The first-order valence-electron chi connectivity index (χ1n) is 14.1. The molecule has 2 aliphatic rings. The number of fused-ring (bicyclic) bond motifs is 1. The van der Waals surface area contributed by atoms with Crippen molar-refractivity contribution in [1.29, 1.82) is 0 Å². The summed E-state index contributed by atoms with van der Waals surface area (Å²) in [7, 11) is 0. The van der Waals surface area contributed by atoms with Gasteiger partial charge in [0.2, 0.25) is 5.91 Å². The van der Waals surface area contributed by atoms with E-state index in [4.69, 9.17) is 14.5 Å². The molecule has 6 rings (SSSR count). The van der Waals surface area contributed by atoms with Gasteiger partial charge in [-0.3, -0.25) is 9.59 Å². The molecular formula is C32H32N4O5. The number of carbonyl (C=O) groups is 3. The molecule has 2 fully saturated rings. The molecule has 9 heteroatoms. The largest absolute Gasteiger partial charge is 0.478 e. The van der Waals surface area contributed by atoms with Crippen molar-refractivity contribution in [3.63, 3.8) is 0 Å². The molecule has 9 nitrogen and oxygen atoms in total. The van der Waals surface area contributed by atoms with E-state index in [9.17, 15) is 14.4 Å². The second-order valence-electron chi connectivity index (χ2n) is 10.9. The van der Waals surface area contributed by atoms with E-state index < -0.39 is 11.5 Å². The highest BCUT2D eigenvalue weighted by Crippen LogP contribution is 2.37. The van der Waals surface area contributed by atoms with Gasteiger partial charge in [0, 0.05) is 23.4 Å². The van der Waals surface area contributed by atoms with Gasteiger partial charge in [-0.05, 0) is 86.2 Å². The third-order valence-corrected chi connectivity index (χ3v) is 8.21. The fraction of sp³-hybridized carbons (Fsp3) is 0.312. The minimum absolute atomic E-state index is 0.270. The molecule has 210 valence electrons. The topological polar surface area (TPSA) is 126 Å². The minimum atomic E-state index is -1.03. The molecular weight excluding hydrogens is 520 g/mol. The van der Waals surface area contributed by atoms with Crippen LogP contribution in [0.5, 0.6) is 0 Å². The van der Waals surface area contributed by atoms with Crippen LogP contribution in [-0.4, -0.2) is 38.0 Å². The fourth-order valence-corrected chi connectivity index (χ4v) is 5.85. The van der Waals surface area contributed by atoms with Crippen LogP contribution in [0.3, 0.4) is 0 Å². The zero-order chi connectivity index (χ0) is 28.4. The number of anilines is 1. The maximum absolute atomic E-state index is 13.4. The molecule has 2 aromatic heterocycles. The normalized spacial score (nSPS) is 16.9. The predicted molar refractivity (Wildman–Crippen MR) is 155 cm³/mol. The number of aliphatic carboxylic acids is 1. The van der Waals surface area contributed by atoms with Gasteiger partial charge in [-0.2, -0.15) is 0 Å². The van der Waals surface area contributed by atoms with E-state index in [0.717, 1.165) is 42.2 Å². The Morgan fingerprint density at radius 1 is 1.00 bits per heavy atom. The molecule has 0 bridgehead atoms. The molecule has 4 aromatic rings. The Labute approximate surface area is 237 Å². The van der Waals surface area contributed by atoms with Crippen LogP contribution in [0.4, 0.5) is 5.69 Å². The van der Waals surface area contributed by atoms with Crippen LogP contribution in [0.15, 0.2) is 71.4 Å². The second-order valence-corrected chi connectivity index (χ2v) is 10.9. The summed E-state index contributed by atoms with van der Waals surface area (Å²) in [5, 5.41) is 14.7. The highest BCUT2D eigenvalue weighted by molar-refractivity contribution is 6.05. The number of rotatable bonds is 8. The lowest BCUT2D eigenvalue weighted by Crippen LogP contribution is -2.61. The summed E-state index contributed by atoms with van der Waals surface area (Å²) in [5.74, 6) is -0.140. The van der Waals surface area contributed by atoms with Gasteiger partial charge in [0.25, 0.3) is 5.91 Å². The van der Waals surface area contributed by atoms with E-state index in [1.807, 2.05) is 18.2 Å². The van der Waals surface area contributed by atoms with Gasteiger partial charge in [-0.1, -0.05) is 31.4 Å². The number of hydrogen-bond donors (Lipinski definition) is 3. The van der Waals surface area contributed by atoms with Crippen molar-refractivity contribution >= 4 is 40.6 Å². The zero-order valence-electron chi connectivity index (χ0n) is 22.6. The van der Waals surface area contributed by atoms with Crippen LogP contribution in [0.2, 0.25) is 0 Å². The Morgan fingerprint density at radius 2 is 1.78 bits per heavy atom. The number of carboxylic acid groups (broad SMARTS) is 1. The summed E-state index contributed by atoms with van der Waals surface area (Å²) in [5.41, 5.74) is 2.42. The molecule has 0 unspecified atom stereocenters. The van der Waals surface area contributed by atoms with Crippen molar-refractivity contribution in [3.05, 3.63) is 78.1 Å². The molecule has 0 spiro atoms. The van der Waals surface area contributed by atoms with E-state index in [1.54, 1.807) is 42.7 Å². The maximum atomic E-state index is 13.4. The molecule has 2 heterocycles. The number of imidazole rings is 1. The number of benzene rings is 2. The first-order chi connectivity index (χ1) is 19.9. The number of amides is 2. The van der Waals surface area contributed by atoms with Crippen LogP contribution >= 0.6 is 0 Å². The van der Waals surface area contributed by atoms with Crippen molar-refractivity contribution in [2.24, 2.45) is 0 Å². The fourth-order valence-electron chi connectivity index (χ4n) is 5.85. The van der Waals surface area contributed by atoms with Crippen molar-refractivity contribution in [2.45, 2.75) is 62.9 Å². The first-order valence-corrected chi connectivity index (χ1v) is 14.1. The molecule has 3 N–H and O–H groups in total. The number of aromatic nitrogens is 2. The number of carboxylic acids is 1. The van der Waals surface area contributed by atoms with E-state index in [1.165, 1.54) is 25.3 Å². The number of carbonyl (C=O) groups excluding carboxylic acids is 2. The van der Waals surface area contributed by atoms with Gasteiger partial charge in [-0.15, -0.1) is 0 Å². The maximum Gasteiger partial charge on any atom is 0.328 e. The van der Waals surface area contributed by atoms with Gasteiger partial charge in [0.15, 0.2) is 11.6 Å². The molecule has 0 atom stereocenters. The minimum Gasteiger partial charge on any atom is -0.478 e. The summed E-state index contributed by atoms with van der Waals surface area (Å²) in [6.07, 6.45) is 11.9. The smallest absolute Gasteiger partial charge is 0.328 e. The van der Waals surface area contributed by atoms with Crippen LogP contribution in [-0.2, 0) is 9.59 Å². The predicted octanol–water partition coefficient (Wildman–Crippen LogP) is 6.19. The van der Waals surface area contributed by atoms with Crippen molar-refractivity contribution in [1.82, 2.24) is 14.9 Å². The van der Waals surface area contributed by atoms with Gasteiger partial charge >= 0.3 is 5.97 Å². The van der Waals surface area contributed by atoms with Crippen molar-refractivity contribution in [3.8, 4) is 11.6 Å². The molecule has 2 aliphatic carbocycles. The molecule has 41 heavy (non-hydrogen) atoms. The van der Waals surface area contributed by atoms with E-state index in [-0.39, 0.29) is 11.8 Å². The Bertz CT molecular complexity index is 1610. The number of hydrogen-bond acceptors (Lipinski definition) is 5. The molecule has 0 saturated heterocycles. The summed E-state index contributed by atoms with van der Waals surface area (Å²) in [6.45, 7) is 0. The Kier molecular flexibility index (Phi) is 7.17. The van der Waals surface area contributed by atoms with Gasteiger partial charge in [-0.25, -0.2) is 9.78 Å². The van der Waals surface area contributed by atoms with E-state index in [0.29, 0.717) is 41.5 Å². The SMILES string of the molecule is O=C(O)/C=C/c1ccc(NC(=O)C2(NC(=O)c3ccc4c(c3)nc(-c3ccco3)n4C3CCCCC3)CCC2)cc1. The lowest BCUT2D eigenvalue weighted by Gasteiger charge is -2.40. The molecule has 2 saturated carbocycles. The zero-order valence-corrected chi connectivity index (χ0v) is 22.6. The lowest BCUT2D eigenvalue weighted by molar-refractivity contribution is -0.131. The van der Waals surface area contributed by atoms with E-state index in [2.05, 4.69) is 15.2 Å². The highest BCUT2D eigenvalue weighted by Gasteiger charge is 2.45. The summed E-state index contributed by atoms with van der Waals surface area (Å²) in [4.78, 5) is 42.4. The van der Waals surface area contributed by atoms with Crippen LogP contribution in [0.25, 0.3) is 28.7 Å². The van der Waals surface area contributed by atoms with Gasteiger partial charge in [0.1, 0.15) is 5.54 Å². The lowest BCUT2D eigenvalue weighted by atomic mass is 9.75. The quantitative estimate of drug-likeness (QED) is 0.224. The summed E-state index contributed by atoms with van der Waals surface area (Å²) >= 11 is 0. The second kappa shape index (κ2) is 11.1. The van der Waals surface area contributed by atoms with E-state index >= 15 is 0 Å². The Balaban J connectivity index is 1.21. The Hall–Kier alpha value is -4.66. The number of nitrogens with zero attached hydrogens (tertiary/aromatic N) is 2. The van der Waals surface area contributed by atoms with Gasteiger partial charge in [0.05, 0.1) is 17.3 Å². The summed E-state index contributed by atoms with van der Waals surface area (Å²) in [6, 6.07) is 16.5. The molecule has 2 amide bonds. The van der Waals surface area contributed by atoms with Crippen LogP contribution < -0.4 is 10.6 Å². The van der Waals surface area contributed by atoms with Crippen LogP contribution in [0, 0.1) is 0 Å². The first kappa shape index (κ1) is 26.6. The third-order valence-electron chi connectivity index (χ3n) is 8.21. The molecule has 0 aliphatic heterocycles. The monoisotopic (exact) mass is 552 g/mol. The molecule has 2 aromatic carbocycles.